The fraction of sp³-hybridized carbons (Fsp3) is 0.727. The highest BCUT2D eigenvalue weighted by Crippen LogP contribution is 2.19. The molecule has 4 nitrogen and oxygen atoms in total. The van der Waals surface area contributed by atoms with E-state index in [9.17, 15) is 0 Å². The summed E-state index contributed by atoms with van der Waals surface area (Å²) in [4.78, 5) is 0. The maximum absolute atomic E-state index is 6.07. The Balaban J connectivity index is 2.56. The van der Waals surface area contributed by atoms with Gasteiger partial charge in [0.15, 0.2) is 0 Å². The molecule has 16 heavy (non-hydrogen) atoms. The number of aryl methyl sites for hydroxylation is 2. The average molecular weight is 246 g/mol. The van der Waals surface area contributed by atoms with Crippen LogP contribution in [0.2, 0.25) is 5.02 Å². The molecule has 0 amide bonds. The lowest BCUT2D eigenvalue weighted by Gasteiger charge is -2.15. The summed E-state index contributed by atoms with van der Waals surface area (Å²) in [5.41, 5.74) is 7.50. The largest absolute Gasteiger partial charge is 0.377 e. The number of nitrogens with zero attached hydrogens (tertiary/aromatic N) is 2. The summed E-state index contributed by atoms with van der Waals surface area (Å²) in [5, 5.41) is 5.12. The molecule has 0 radical (unpaired) electrons. The molecular weight excluding hydrogens is 226 g/mol. The monoisotopic (exact) mass is 245 g/mol. The lowest BCUT2D eigenvalue weighted by atomic mass is 10.2. The fourth-order valence-electron chi connectivity index (χ4n) is 1.66. The third-order valence-corrected chi connectivity index (χ3v) is 3.17. The van der Waals surface area contributed by atoms with Crippen LogP contribution in [0.25, 0.3) is 0 Å². The van der Waals surface area contributed by atoms with Gasteiger partial charge in [-0.05, 0) is 27.2 Å². The van der Waals surface area contributed by atoms with Gasteiger partial charge in [-0.25, -0.2) is 0 Å². The molecular formula is C11H20ClN3O. The Kier molecular flexibility index (Phi) is 5.25. The van der Waals surface area contributed by atoms with Crippen molar-refractivity contribution in [3.8, 4) is 0 Å². The second-order valence-electron chi connectivity index (χ2n) is 3.81. The van der Waals surface area contributed by atoms with E-state index in [-0.39, 0.29) is 6.10 Å². The van der Waals surface area contributed by atoms with E-state index in [2.05, 4.69) is 5.10 Å². The van der Waals surface area contributed by atoms with Crippen LogP contribution in [0.15, 0.2) is 0 Å². The molecule has 0 aliphatic heterocycles. The van der Waals surface area contributed by atoms with E-state index < -0.39 is 0 Å². The lowest BCUT2D eigenvalue weighted by molar-refractivity contribution is 0.0590. The van der Waals surface area contributed by atoms with Gasteiger partial charge in [0, 0.05) is 19.7 Å². The molecule has 1 aromatic rings. The molecule has 1 unspecified atom stereocenters. The van der Waals surface area contributed by atoms with Crippen molar-refractivity contribution in [3.05, 3.63) is 16.4 Å². The van der Waals surface area contributed by atoms with Gasteiger partial charge in [-0.2, -0.15) is 5.10 Å². The highest BCUT2D eigenvalue weighted by Gasteiger charge is 2.11. The predicted molar refractivity (Wildman–Crippen MR) is 65.8 cm³/mol. The quantitative estimate of drug-likeness (QED) is 0.833. The predicted octanol–water partition coefficient (Wildman–Crippen LogP) is 1.91. The first-order valence-electron chi connectivity index (χ1n) is 5.61. The standard InChI is InChI=1S/C11H20ClN3O/c1-4-16-10(7-13)5-6-15-9(3)11(12)8(2)14-15/h10H,4-7,13H2,1-3H3. The molecule has 0 aliphatic rings. The van der Waals surface area contributed by atoms with Gasteiger partial charge >= 0.3 is 0 Å². The van der Waals surface area contributed by atoms with Gasteiger partial charge in [-0.15, -0.1) is 0 Å². The van der Waals surface area contributed by atoms with Gasteiger partial charge in [-0.1, -0.05) is 11.6 Å². The Morgan fingerprint density at radius 1 is 1.50 bits per heavy atom. The highest BCUT2D eigenvalue weighted by molar-refractivity contribution is 6.31. The van der Waals surface area contributed by atoms with Crippen LogP contribution < -0.4 is 5.73 Å². The van der Waals surface area contributed by atoms with Gasteiger partial charge in [0.25, 0.3) is 0 Å². The van der Waals surface area contributed by atoms with Crippen molar-refractivity contribution in [2.45, 2.75) is 39.8 Å². The van der Waals surface area contributed by atoms with Crippen LogP contribution in [0.4, 0.5) is 0 Å². The highest BCUT2D eigenvalue weighted by atomic mass is 35.5. The Morgan fingerprint density at radius 3 is 2.62 bits per heavy atom. The van der Waals surface area contributed by atoms with E-state index in [4.69, 9.17) is 22.1 Å². The summed E-state index contributed by atoms with van der Waals surface area (Å²) in [6, 6.07) is 0. The van der Waals surface area contributed by atoms with Gasteiger partial charge in [0.05, 0.1) is 22.5 Å². The van der Waals surface area contributed by atoms with Gasteiger partial charge in [-0.3, -0.25) is 4.68 Å². The topological polar surface area (TPSA) is 53.1 Å². The van der Waals surface area contributed by atoms with Crippen molar-refractivity contribution in [3.63, 3.8) is 0 Å². The molecule has 1 aromatic heterocycles. The molecule has 0 aliphatic carbocycles. The average Bonchev–Trinajstić information content (AvgIpc) is 2.52. The normalized spacial score (nSPS) is 13.1. The first kappa shape index (κ1) is 13.5. The first-order chi connectivity index (χ1) is 7.60. The Morgan fingerprint density at radius 2 is 2.19 bits per heavy atom. The van der Waals surface area contributed by atoms with Crippen LogP contribution >= 0.6 is 11.6 Å². The fourth-order valence-corrected chi connectivity index (χ4v) is 1.80. The number of rotatable bonds is 6. The maximum Gasteiger partial charge on any atom is 0.0844 e. The molecule has 0 saturated carbocycles. The number of aromatic nitrogens is 2. The third-order valence-electron chi connectivity index (χ3n) is 2.62. The molecule has 0 spiro atoms. The summed E-state index contributed by atoms with van der Waals surface area (Å²) in [7, 11) is 0. The van der Waals surface area contributed by atoms with Crippen molar-refractivity contribution >= 4 is 11.6 Å². The zero-order chi connectivity index (χ0) is 12.1. The molecule has 0 bridgehead atoms. The van der Waals surface area contributed by atoms with E-state index in [0.717, 1.165) is 29.4 Å². The molecule has 5 heteroatoms. The number of hydrogen-bond acceptors (Lipinski definition) is 3. The van der Waals surface area contributed by atoms with Crippen LogP contribution in [-0.4, -0.2) is 29.0 Å². The van der Waals surface area contributed by atoms with E-state index >= 15 is 0 Å². The maximum atomic E-state index is 6.07. The number of ether oxygens (including phenoxy) is 1. The summed E-state index contributed by atoms with van der Waals surface area (Å²) >= 11 is 6.07. The second kappa shape index (κ2) is 6.23. The lowest BCUT2D eigenvalue weighted by Crippen LogP contribution is -2.25. The zero-order valence-electron chi connectivity index (χ0n) is 10.2. The Bertz CT molecular complexity index is 338. The van der Waals surface area contributed by atoms with Crippen LogP contribution in [0.5, 0.6) is 0 Å². The SMILES string of the molecule is CCOC(CN)CCn1nc(C)c(Cl)c1C. The second-order valence-corrected chi connectivity index (χ2v) is 4.19. The summed E-state index contributed by atoms with van der Waals surface area (Å²) in [6.45, 7) is 7.89. The van der Waals surface area contributed by atoms with E-state index in [0.29, 0.717) is 13.2 Å². The molecule has 1 atom stereocenters. The molecule has 2 N–H and O–H groups in total. The number of nitrogens with two attached hydrogens (primary N) is 1. The minimum atomic E-state index is 0.104. The minimum absolute atomic E-state index is 0.104. The molecule has 92 valence electrons. The summed E-state index contributed by atoms with van der Waals surface area (Å²) in [5.74, 6) is 0. The van der Waals surface area contributed by atoms with Gasteiger partial charge in [0.1, 0.15) is 0 Å². The van der Waals surface area contributed by atoms with Crippen molar-refractivity contribution < 1.29 is 4.74 Å². The number of hydrogen-bond donors (Lipinski definition) is 1. The molecule has 1 heterocycles. The zero-order valence-corrected chi connectivity index (χ0v) is 10.9. The van der Waals surface area contributed by atoms with Crippen LogP contribution in [0.1, 0.15) is 24.7 Å². The van der Waals surface area contributed by atoms with Gasteiger partial charge in [0.2, 0.25) is 0 Å². The Hall–Kier alpha value is -0.580. The van der Waals surface area contributed by atoms with Crippen molar-refractivity contribution in [2.24, 2.45) is 5.73 Å². The first-order valence-corrected chi connectivity index (χ1v) is 5.99. The molecule has 0 aromatic carbocycles. The minimum Gasteiger partial charge on any atom is -0.377 e. The third kappa shape index (κ3) is 3.20. The van der Waals surface area contributed by atoms with Crippen LogP contribution in [0, 0.1) is 13.8 Å². The van der Waals surface area contributed by atoms with E-state index in [1.165, 1.54) is 0 Å². The van der Waals surface area contributed by atoms with E-state index in [1.54, 1.807) is 0 Å². The summed E-state index contributed by atoms with van der Waals surface area (Å²) in [6.07, 6.45) is 0.968. The van der Waals surface area contributed by atoms with E-state index in [1.807, 2.05) is 25.5 Å². The smallest absolute Gasteiger partial charge is 0.0844 e. The van der Waals surface area contributed by atoms with Crippen molar-refractivity contribution in [1.29, 1.82) is 0 Å². The molecule has 1 rings (SSSR count). The van der Waals surface area contributed by atoms with Gasteiger partial charge < -0.3 is 10.5 Å². The molecule has 0 saturated heterocycles. The van der Waals surface area contributed by atoms with Crippen molar-refractivity contribution in [1.82, 2.24) is 9.78 Å². The summed E-state index contributed by atoms with van der Waals surface area (Å²) < 4.78 is 7.41. The van der Waals surface area contributed by atoms with Crippen LogP contribution in [0.3, 0.4) is 0 Å². The van der Waals surface area contributed by atoms with Crippen LogP contribution in [-0.2, 0) is 11.3 Å². The Labute approximate surface area is 102 Å². The molecule has 0 fully saturated rings. The number of halogens is 1. The van der Waals surface area contributed by atoms with Crippen molar-refractivity contribution in [2.75, 3.05) is 13.2 Å².